The number of nitrogens with zero attached hydrogens (tertiary/aromatic N) is 4. The van der Waals surface area contributed by atoms with Crippen molar-refractivity contribution in [2.45, 2.75) is 31.1 Å². The molecule has 0 bridgehead atoms. The maximum Gasteiger partial charge on any atom is 0.145 e. The lowest BCUT2D eigenvalue weighted by Crippen LogP contribution is -2.30. The molecule has 28 heavy (non-hydrogen) atoms. The number of nitrogen functional groups attached to an aromatic ring is 1. The summed E-state index contributed by atoms with van der Waals surface area (Å²) in [7, 11) is 0. The number of rotatable bonds is 3. The third-order valence-corrected chi connectivity index (χ3v) is 5.84. The number of hydrogen-bond donors (Lipinski definition) is 3. The van der Waals surface area contributed by atoms with E-state index in [0.717, 1.165) is 21.9 Å². The van der Waals surface area contributed by atoms with Crippen molar-refractivity contribution >= 4 is 27.8 Å². The van der Waals surface area contributed by atoms with E-state index < -0.39 is 12.2 Å². The highest BCUT2D eigenvalue weighted by atomic mass is 16.3. The average Bonchev–Trinajstić information content (AvgIpc) is 3.25. The Bertz CT molecular complexity index is 1160. The molecule has 4 N–H and O–H groups in total. The predicted molar refractivity (Wildman–Crippen MR) is 107 cm³/mol. The van der Waals surface area contributed by atoms with Crippen LogP contribution >= 0.6 is 0 Å². The Hall–Kier alpha value is -3.03. The zero-order valence-corrected chi connectivity index (χ0v) is 15.2. The van der Waals surface area contributed by atoms with Gasteiger partial charge >= 0.3 is 0 Å². The van der Waals surface area contributed by atoms with Crippen molar-refractivity contribution in [1.29, 1.82) is 0 Å². The minimum Gasteiger partial charge on any atom is -0.390 e. The molecule has 1 aliphatic rings. The van der Waals surface area contributed by atoms with Crippen molar-refractivity contribution in [2.24, 2.45) is 5.92 Å². The van der Waals surface area contributed by atoms with Gasteiger partial charge in [-0.1, -0.05) is 18.2 Å². The maximum atomic E-state index is 10.7. The fraction of sp³-hybridized carbons (Fsp3) is 0.286. The molecule has 7 heteroatoms. The molecule has 1 aromatic carbocycles. The summed E-state index contributed by atoms with van der Waals surface area (Å²) in [6, 6.07) is 11.7. The van der Waals surface area contributed by atoms with Crippen molar-refractivity contribution in [2.75, 3.05) is 5.73 Å². The summed E-state index contributed by atoms with van der Waals surface area (Å²) >= 11 is 0. The van der Waals surface area contributed by atoms with Crippen LogP contribution in [0.25, 0.3) is 21.9 Å². The Morgan fingerprint density at radius 2 is 1.96 bits per heavy atom. The van der Waals surface area contributed by atoms with Crippen LogP contribution in [-0.2, 0) is 6.42 Å². The van der Waals surface area contributed by atoms with Crippen LogP contribution in [0.3, 0.4) is 0 Å². The summed E-state index contributed by atoms with van der Waals surface area (Å²) in [5, 5.41) is 23.3. The number of fused-ring (bicyclic) bond motifs is 2. The van der Waals surface area contributed by atoms with E-state index in [9.17, 15) is 10.2 Å². The summed E-state index contributed by atoms with van der Waals surface area (Å²) < 4.78 is 1.91. The minimum atomic E-state index is -0.865. The van der Waals surface area contributed by atoms with Gasteiger partial charge in [-0.2, -0.15) is 0 Å². The van der Waals surface area contributed by atoms with Gasteiger partial charge < -0.3 is 20.5 Å². The van der Waals surface area contributed by atoms with Gasteiger partial charge in [-0.15, -0.1) is 0 Å². The minimum absolute atomic E-state index is 0.0576. The topological polar surface area (TPSA) is 110 Å². The van der Waals surface area contributed by atoms with E-state index in [1.54, 1.807) is 6.20 Å². The molecule has 0 unspecified atom stereocenters. The van der Waals surface area contributed by atoms with Crippen LogP contribution in [0, 0.1) is 5.92 Å². The predicted octanol–water partition coefficient (Wildman–Crippen LogP) is 2.09. The summed E-state index contributed by atoms with van der Waals surface area (Å²) in [5.41, 5.74) is 8.64. The van der Waals surface area contributed by atoms with Gasteiger partial charge in [0.25, 0.3) is 0 Å². The molecule has 0 aliphatic heterocycles. The molecule has 4 aromatic rings. The Balaban J connectivity index is 1.43. The first-order chi connectivity index (χ1) is 13.6. The quantitative estimate of drug-likeness (QED) is 0.506. The smallest absolute Gasteiger partial charge is 0.145 e. The van der Waals surface area contributed by atoms with Crippen LogP contribution in [0.2, 0.25) is 0 Å². The van der Waals surface area contributed by atoms with Gasteiger partial charge in [0.05, 0.1) is 23.0 Å². The van der Waals surface area contributed by atoms with Gasteiger partial charge in [0.15, 0.2) is 0 Å². The first-order valence-electron chi connectivity index (χ1n) is 9.38. The molecule has 1 aliphatic carbocycles. The van der Waals surface area contributed by atoms with E-state index >= 15 is 0 Å². The van der Waals surface area contributed by atoms with Gasteiger partial charge in [0.2, 0.25) is 0 Å². The average molecular weight is 375 g/mol. The molecule has 5 rings (SSSR count). The number of aliphatic hydroxyl groups excluding tert-OH is 2. The van der Waals surface area contributed by atoms with Gasteiger partial charge in [0.1, 0.15) is 23.9 Å². The van der Waals surface area contributed by atoms with Crippen molar-refractivity contribution in [3.63, 3.8) is 0 Å². The van der Waals surface area contributed by atoms with Crippen molar-refractivity contribution in [3.05, 3.63) is 60.7 Å². The van der Waals surface area contributed by atoms with Crippen LogP contribution in [0.1, 0.15) is 18.0 Å². The molecule has 7 nitrogen and oxygen atoms in total. The number of anilines is 1. The Morgan fingerprint density at radius 1 is 1.07 bits per heavy atom. The van der Waals surface area contributed by atoms with Gasteiger partial charge in [0, 0.05) is 17.8 Å². The standard InChI is InChI=1S/C21H21N5O2/c22-20-15-5-7-26(21(15)25-11-24-20)17-10-14(18(27)19(17)28)8-12-3-4-13-2-1-6-23-16(13)9-12/h1-7,9,11,14,17-19,27-28H,8,10H2,(H2,22,24,25)/t14-,17+,18+,19-/m0/s1. The van der Waals surface area contributed by atoms with Crippen LogP contribution < -0.4 is 5.73 Å². The largest absolute Gasteiger partial charge is 0.390 e. The number of aromatic nitrogens is 4. The van der Waals surface area contributed by atoms with E-state index in [2.05, 4.69) is 27.1 Å². The van der Waals surface area contributed by atoms with E-state index in [-0.39, 0.29) is 12.0 Å². The van der Waals surface area contributed by atoms with Crippen LogP contribution in [0.15, 0.2) is 55.1 Å². The molecular weight excluding hydrogens is 354 g/mol. The zero-order chi connectivity index (χ0) is 19.3. The number of nitrogens with two attached hydrogens (primary N) is 1. The summed E-state index contributed by atoms with van der Waals surface area (Å²) in [5.74, 6) is 0.356. The molecule has 1 fully saturated rings. The first-order valence-corrected chi connectivity index (χ1v) is 9.38. The highest BCUT2D eigenvalue weighted by Crippen LogP contribution is 2.39. The highest BCUT2D eigenvalue weighted by Gasteiger charge is 2.42. The van der Waals surface area contributed by atoms with Gasteiger partial charge in [-0.25, -0.2) is 9.97 Å². The monoisotopic (exact) mass is 375 g/mol. The third-order valence-electron chi connectivity index (χ3n) is 5.84. The molecule has 0 spiro atoms. The lowest BCUT2D eigenvalue weighted by Gasteiger charge is -2.19. The summed E-state index contributed by atoms with van der Waals surface area (Å²) in [6.45, 7) is 0. The molecular formula is C21H21N5O2. The Labute approximate surface area is 161 Å². The molecule has 1 saturated carbocycles. The van der Waals surface area contributed by atoms with Crippen LogP contribution in [0.5, 0.6) is 0 Å². The fourth-order valence-electron chi connectivity index (χ4n) is 4.38. The molecule has 0 radical (unpaired) electrons. The Morgan fingerprint density at radius 3 is 2.86 bits per heavy atom. The second-order valence-electron chi connectivity index (χ2n) is 7.50. The first kappa shape index (κ1) is 17.1. The van der Waals surface area contributed by atoms with Crippen LogP contribution in [0.4, 0.5) is 5.82 Å². The molecule has 0 amide bonds. The van der Waals surface area contributed by atoms with Gasteiger partial charge in [-0.05, 0) is 42.5 Å². The number of aliphatic hydroxyl groups is 2. The Kier molecular flexibility index (Phi) is 3.99. The van der Waals surface area contributed by atoms with E-state index in [1.807, 2.05) is 35.0 Å². The lowest BCUT2D eigenvalue weighted by molar-refractivity contribution is 0.00684. The molecule has 0 saturated heterocycles. The van der Waals surface area contributed by atoms with Crippen LogP contribution in [-0.4, -0.2) is 41.9 Å². The fourth-order valence-corrected chi connectivity index (χ4v) is 4.38. The lowest BCUT2D eigenvalue weighted by atomic mass is 9.95. The van der Waals surface area contributed by atoms with Crippen molar-refractivity contribution in [3.8, 4) is 0 Å². The van der Waals surface area contributed by atoms with E-state index in [4.69, 9.17) is 5.73 Å². The molecule has 4 atom stereocenters. The number of benzene rings is 1. The second-order valence-corrected chi connectivity index (χ2v) is 7.50. The van der Waals surface area contributed by atoms with Gasteiger partial charge in [-0.3, -0.25) is 4.98 Å². The van der Waals surface area contributed by atoms with Crippen molar-refractivity contribution in [1.82, 2.24) is 19.5 Å². The third kappa shape index (κ3) is 2.71. The normalized spacial score (nSPS) is 24.9. The summed E-state index contributed by atoms with van der Waals surface area (Å²) in [6.07, 6.45) is 4.72. The maximum absolute atomic E-state index is 10.7. The number of pyridine rings is 1. The molecule has 142 valence electrons. The van der Waals surface area contributed by atoms with E-state index in [0.29, 0.717) is 24.3 Å². The zero-order valence-electron chi connectivity index (χ0n) is 15.2. The highest BCUT2D eigenvalue weighted by molar-refractivity contribution is 5.86. The van der Waals surface area contributed by atoms with E-state index in [1.165, 1.54) is 6.33 Å². The number of hydrogen-bond acceptors (Lipinski definition) is 6. The second kappa shape index (κ2) is 6.54. The SMILES string of the molecule is Nc1ncnc2c1ccn2[C@@H]1C[C@H](Cc2ccc3cccnc3c2)[C@@H](O)[C@H]1O. The summed E-state index contributed by atoms with van der Waals surface area (Å²) in [4.78, 5) is 12.7. The molecule has 3 aromatic heterocycles. The van der Waals surface area contributed by atoms with Crippen molar-refractivity contribution < 1.29 is 10.2 Å². The molecule has 3 heterocycles.